The largest absolute Gasteiger partial charge is 0.492 e. The summed E-state index contributed by atoms with van der Waals surface area (Å²) in [6.45, 7) is 0.596. The molecule has 0 spiro atoms. The number of para-hydroxylation sites is 1. The van der Waals surface area contributed by atoms with Crippen LogP contribution in [0, 0.1) is 0 Å². The molecule has 112 valence electrons. The van der Waals surface area contributed by atoms with E-state index in [9.17, 15) is 4.79 Å². The molecule has 0 bridgehead atoms. The number of hydrogen-bond acceptors (Lipinski definition) is 4. The van der Waals surface area contributed by atoms with Gasteiger partial charge in [-0.25, -0.2) is 5.43 Å². The van der Waals surface area contributed by atoms with Crippen LogP contribution in [0.2, 0.25) is 0 Å². The van der Waals surface area contributed by atoms with E-state index in [1.807, 2.05) is 30.3 Å². The highest BCUT2D eigenvalue weighted by Crippen LogP contribution is 2.30. The Morgan fingerprint density at radius 3 is 3.05 bits per heavy atom. The Morgan fingerprint density at radius 2 is 2.14 bits per heavy atom. The van der Waals surface area contributed by atoms with E-state index in [0.29, 0.717) is 13.0 Å². The van der Waals surface area contributed by atoms with Crippen LogP contribution in [0.15, 0.2) is 35.4 Å². The second-order valence-corrected chi connectivity index (χ2v) is 6.64. The topological polar surface area (TPSA) is 50.7 Å². The second kappa shape index (κ2) is 5.57. The summed E-state index contributed by atoms with van der Waals surface area (Å²) in [5, 5.41) is 4.33. The molecule has 2 aliphatic rings. The Morgan fingerprint density at radius 1 is 1.23 bits per heavy atom. The first-order valence-corrected chi connectivity index (χ1v) is 8.33. The van der Waals surface area contributed by atoms with Crippen molar-refractivity contribution in [2.75, 3.05) is 6.61 Å². The van der Waals surface area contributed by atoms with E-state index in [2.05, 4.69) is 10.5 Å². The van der Waals surface area contributed by atoms with E-state index < -0.39 is 0 Å². The number of hydrazone groups is 1. The average molecular weight is 312 g/mol. The quantitative estimate of drug-likeness (QED) is 0.866. The van der Waals surface area contributed by atoms with Gasteiger partial charge in [-0.05, 0) is 43.0 Å². The first-order valence-electron chi connectivity index (χ1n) is 7.52. The number of carbonyl (C=O) groups excluding carboxylic acids is 1. The number of rotatable bonds is 2. The molecule has 2 aromatic rings. The number of thiophene rings is 1. The van der Waals surface area contributed by atoms with Crippen LogP contribution in [0.1, 0.15) is 38.5 Å². The molecule has 4 nitrogen and oxygen atoms in total. The van der Waals surface area contributed by atoms with Crippen molar-refractivity contribution in [1.82, 2.24) is 5.43 Å². The van der Waals surface area contributed by atoms with E-state index in [1.54, 1.807) is 11.3 Å². The predicted octanol–water partition coefficient (Wildman–Crippen LogP) is 3.15. The third-order valence-corrected chi connectivity index (χ3v) is 5.29. The number of ether oxygens (including phenoxy) is 1. The summed E-state index contributed by atoms with van der Waals surface area (Å²) in [5.41, 5.74) is 5.87. The zero-order valence-corrected chi connectivity index (χ0v) is 12.9. The Balaban J connectivity index is 1.53. The molecule has 0 radical (unpaired) electrons. The third kappa shape index (κ3) is 2.41. The van der Waals surface area contributed by atoms with Crippen LogP contribution in [-0.4, -0.2) is 18.2 Å². The van der Waals surface area contributed by atoms with Gasteiger partial charge in [0.1, 0.15) is 5.75 Å². The molecule has 5 heteroatoms. The van der Waals surface area contributed by atoms with Crippen molar-refractivity contribution >= 4 is 23.0 Å². The molecule has 1 aliphatic carbocycles. The monoisotopic (exact) mass is 312 g/mol. The lowest BCUT2D eigenvalue weighted by atomic mass is 10.0. The fourth-order valence-corrected chi connectivity index (χ4v) is 4.10. The number of carbonyl (C=O) groups is 1. The fourth-order valence-electron chi connectivity index (χ4n) is 2.95. The lowest BCUT2D eigenvalue weighted by Gasteiger charge is -2.18. The number of amides is 1. The summed E-state index contributed by atoms with van der Waals surface area (Å²) in [7, 11) is 0. The molecule has 0 saturated carbocycles. The van der Waals surface area contributed by atoms with Gasteiger partial charge in [-0.3, -0.25) is 4.79 Å². The smallest absolute Gasteiger partial charge is 0.281 e. The minimum Gasteiger partial charge on any atom is -0.492 e. The van der Waals surface area contributed by atoms with E-state index in [-0.39, 0.29) is 5.91 Å². The molecule has 0 atom stereocenters. The summed E-state index contributed by atoms with van der Waals surface area (Å²) in [6, 6.07) is 9.80. The first-order chi connectivity index (χ1) is 10.8. The van der Waals surface area contributed by atoms with Gasteiger partial charge < -0.3 is 4.74 Å². The highest BCUT2D eigenvalue weighted by Gasteiger charge is 2.19. The second-order valence-electron chi connectivity index (χ2n) is 5.51. The van der Waals surface area contributed by atoms with Gasteiger partial charge >= 0.3 is 0 Å². The molecule has 4 rings (SSSR count). The molecule has 0 fully saturated rings. The van der Waals surface area contributed by atoms with Crippen molar-refractivity contribution < 1.29 is 9.53 Å². The van der Waals surface area contributed by atoms with Gasteiger partial charge in [0.05, 0.1) is 17.2 Å². The summed E-state index contributed by atoms with van der Waals surface area (Å²) < 4.78 is 5.59. The van der Waals surface area contributed by atoms with E-state index in [1.165, 1.54) is 16.9 Å². The number of nitrogens with zero attached hydrogens (tertiary/aromatic N) is 1. The van der Waals surface area contributed by atoms with Crippen LogP contribution >= 0.6 is 11.3 Å². The van der Waals surface area contributed by atoms with Gasteiger partial charge in [-0.1, -0.05) is 12.1 Å². The van der Waals surface area contributed by atoms with Gasteiger partial charge in [0, 0.05) is 16.9 Å². The van der Waals surface area contributed by atoms with Crippen molar-refractivity contribution in [3.05, 3.63) is 51.2 Å². The minimum atomic E-state index is -0.115. The molecule has 1 aromatic heterocycles. The molecule has 0 unspecified atom stereocenters. The SMILES string of the molecule is O=C(NN=C1CCOc2ccccc21)c1cc2c(s1)CCC2. The molecular weight excluding hydrogens is 296 g/mol. The summed E-state index contributed by atoms with van der Waals surface area (Å²) >= 11 is 1.60. The highest BCUT2D eigenvalue weighted by molar-refractivity contribution is 7.14. The number of nitrogens with one attached hydrogen (secondary N) is 1. The molecule has 1 aromatic carbocycles. The molecule has 0 saturated heterocycles. The van der Waals surface area contributed by atoms with E-state index >= 15 is 0 Å². The number of hydrogen-bond donors (Lipinski definition) is 1. The van der Waals surface area contributed by atoms with Gasteiger partial charge in [0.25, 0.3) is 5.91 Å². The highest BCUT2D eigenvalue weighted by atomic mass is 32.1. The summed E-state index contributed by atoms with van der Waals surface area (Å²) in [4.78, 5) is 14.4. The van der Waals surface area contributed by atoms with Crippen molar-refractivity contribution in [1.29, 1.82) is 0 Å². The molecule has 2 heterocycles. The third-order valence-electron chi connectivity index (χ3n) is 4.06. The van der Waals surface area contributed by atoms with Gasteiger partial charge in [-0.2, -0.15) is 5.10 Å². The van der Waals surface area contributed by atoms with Crippen LogP contribution in [0.5, 0.6) is 5.75 Å². The predicted molar refractivity (Wildman–Crippen MR) is 86.9 cm³/mol. The maximum Gasteiger partial charge on any atom is 0.281 e. The molecule has 1 aliphatic heterocycles. The van der Waals surface area contributed by atoms with Crippen LogP contribution < -0.4 is 10.2 Å². The number of aryl methyl sites for hydroxylation is 2. The maximum absolute atomic E-state index is 12.3. The van der Waals surface area contributed by atoms with Crippen LogP contribution in [0.4, 0.5) is 0 Å². The van der Waals surface area contributed by atoms with Crippen LogP contribution in [-0.2, 0) is 12.8 Å². The average Bonchev–Trinajstić information content (AvgIpc) is 3.14. The van der Waals surface area contributed by atoms with Crippen molar-refractivity contribution in [3.63, 3.8) is 0 Å². The van der Waals surface area contributed by atoms with Crippen molar-refractivity contribution in [2.24, 2.45) is 5.10 Å². The summed E-state index contributed by atoms with van der Waals surface area (Å²) in [6.07, 6.45) is 4.12. The molecular formula is C17H16N2O2S. The fraction of sp³-hybridized carbons (Fsp3) is 0.294. The lowest BCUT2D eigenvalue weighted by molar-refractivity contribution is 0.0958. The molecule has 1 N–H and O–H groups in total. The zero-order valence-electron chi connectivity index (χ0n) is 12.1. The van der Waals surface area contributed by atoms with Crippen LogP contribution in [0.3, 0.4) is 0 Å². The van der Waals surface area contributed by atoms with Crippen molar-refractivity contribution in [2.45, 2.75) is 25.7 Å². The van der Waals surface area contributed by atoms with Crippen LogP contribution in [0.25, 0.3) is 0 Å². The van der Waals surface area contributed by atoms with Gasteiger partial charge in [0.2, 0.25) is 0 Å². The van der Waals surface area contributed by atoms with Gasteiger partial charge in [-0.15, -0.1) is 11.3 Å². The Kier molecular flexibility index (Phi) is 3.42. The van der Waals surface area contributed by atoms with E-state index in [4.69, 9.17) is 4.74 Å². The Bertz CT molecular complexity index is 742. The van der Waals surface area contributed by atoms with Crippen molar-refractivity contribution in [3.8, 4) is 5.75 Å². The molecule has 1 amide bonds. The Labute approximate surface area is 132 Å². The standard InChI is InChI=1S/C17H16N2O2S/c20-17(16-10-11-4-3-7-15(11)22-16)19-18-13-8-9-21-14-6-2-1-5-12(13)14/h1-2,5-6,10H,3-4,7-9H2,(H,19,20). The first kappa shape index (κ1) is 13.5. The lowest BCUT2D eigenvalue weighted by Crippen LogP contribution is -2.23. The summed E-state index contributed by atoms with van der Waals surface area (Å²) in [5.74, 6) is 0.715. The minimum absolute atomic E-state index is 0.115. The Hall–Kier alpha value is -2.14. The normalized spacial score (nSPS) is 17.7. The van der Waals surface area contributed by atoms with E-state index in [0.717, 1.165) is 34.7 Å². The zero-order chi connectivity index (χ0) is 14.9. The number of benzene rings is 1. The maximum atomic E-state index is 12.3. The van der Waals surface area contributed by atoms with Gasteiger partial charge in [0.15, 0.2) is 0 Å². The molecule has 22 heavy (non-hydrogen) atoms. The number of fused-ring (bicyclic) bond motifs is 2.